The standard InChI is InChI=1S/C16H22ClNO2/c1-12-7-8-15(19)14(11-12)16(20)18(10-9-17)13-5-3-2-4-6-13/h7-8,11,13,19H,2-6,9-10H2,1H3. The molecule has 0 heterocycles. The summed E-state index contributed by atoms with van der Waals surface area (Å²) in [5.41, 5.74) is 1.36. The Morgan fingerprint density at radius 2 is 2.05 bits per heavy atom. The van der Waals surface area contributed by atoms with Crippen LogP contribution >= 0.6 is 11.6 Å². The van der Waals surface area contributed by atoms with Crippen LogP contribution < -0.4 is 0 Å². The maximum Gasteiger partial charge on any atom is 0.257 e. The fourth-order valence-electron chi connectivity index (χ4n) is 2.91. The van der Waals surface area contributed by atoms with Gasteiger partial charge in [0.1, 0.15) is 5.75 Å². The summed E-state index contributed by atoms with van der Waals surface area (Å²) < 4.78 is 0. The van der Waals surface area contributed by atoms with E-state index in [0.717, 1.165) is 31.2 Å². The van der Waals surface area contributed by atoms with E-state index < -0.39 is 0 Å². The van der Waals surface area contributed by atoms with E-state index in [-0.39, 0.29) is 17.7 Å². The van der Waals surface area contributed by atoms with Gasteiger partial charge < -0.3 is 10.0 Å². The van der Waals surface area contributed by atoms with Crippen LogP contribution in [0.5, 0.6) is 5.75 Å². The third kappa shape index (κ3) is 3.45. The van der Waals surface area contributed by atoms with Crippen LogP contribution in [0.25, 0.3) is 0 Å². The fraction of sp³-hybridized carbons (Fsp3) is 0.562. The first-order valence-corrected chi connectivity index (χ1v) is 7.83. The lowest BCUT2D eigenvalue weighted by molar-refractivity contribution is 0.0646. The number of carbonyl (C=O) groups excluding carboxylic acids is 1. The van der Waals surface area contributed by atoms with E-state index in [1.165, 1.54) is 6.42 Å². The van der Waals surface area contributed by atoms with Crippen molar-refractivity contribution in [3.8, 4) is 5.75 Å². The van der Waals surface area contributed by atoms with Crippen molar-refractivity contribution in [1.82, 2.24) is 4.90 Å². The average molecular weight is 296 g/mol. The highest BCUT2D eigenvalue weighted by molar-refractivity contribution is 6.18. The van der Waals surface area contributed by atoms with E-state index in [4.69, 9.17) is 11.6 Å². The monoisotopic (exact) mass is 295 g/mol. The van der Waals surface area contributed by atoms with E-state index >= 15 is 0 Å². The van der Waals surface area contributed by atoms with Crippen LogP contribution in [0.1, 0.15) is 48.0 Å². The van der Waals surface area contributed by atoms with Crippen LogP contribution in [0.4, 0.5) is 0 Å². The molecule has 1 aromatic carbocycles. The Morgan fingerprint density at radius 3 is 2.70 bits per heavy atom. The van der Waals surface area contributed by atoms with Gasteiger partial charge in [0.2, 0.25) is 0 Å². The summed E-state index contributed by atoms with van der Waals surface area (Å²) >= 11 is 5.86. The maximum absolute atomic E-state index is 12.7. The number of alkyl halides is 1. The normalized spacial score (nSPS) is 16.1. The quantitative estimate of drug-likeness (QED) is 0.860. The van der Waals surface area contributed by atoms with Crippen molar-refractivity contribution in [2.24, 2.45) is 0 Å². The molecule has 0 aromatic heterocycles. The summed E-state index contributed by atoms with van der Waals surface area (Å²) in [4.78, 5) is 14.6. The molecule has 1 N–H and O–H groups in total. The lowest BCUT2D eigenvalue weighted by Crippen LogP contribution is -2.42. The third-order valence-corrected chi connectivity index (χ3v) is 4.15. The van der Waals surface area contributed by atoms with Crippen molar-refractivity contribution < 1.29 is 9.90 Å². The van der Waals surface area contributed by atoms with Gasteiger partial charge in [0, 0.05) is 18.5 Å². The van der Waals surface area contributed by atoms with Crippen molar-refractivity contribution in [2.75, 3.05) is 12.4 Å². The lowest BCUT2D eigenvalue weighted by atomic mass is 9.93. The SMILES string of the molecule is Cc1ccc(O)c(C(=O)N(CCCl)C2CCCCC2)c1. The van der Waals surface area contributed by atoms with Gasteiger partial charge in [-0.2, -0.15) is 0 Å². The number of halogens is 1. The van der Waals surface area contributed by atoms with Gasteiger partial charge in [-0.15, -0.1) is 11.6 Å². The molecule has 0 unspecified atom stereocenters. The molecule has 3 nitrogen and oxygen atoms in total. The first kappa shape index (κ1) is 15.2. The van der Waals surface area contributed by atoms with Crippen LogP contribution in [0, 0.1) is 6.92 Å². The topological polar surface area (TPSA) is 40.5 Å². The number of phenols is 1. The Balaban J connectivity index is 2.23. The zero-order valence-electron chi connectivity index (χ0n) is 11.9. The number of nitrogens with zero attached hydrogens (tertiary/aromatic N) is 1. The van der Waals surface area contributed by atoms with E-state index in [0.29, 0.717) is 18.0 Å². The van der Waals surface area contributed by atoms with Crippen molar-refractivity contribution in [3.05, 3.63) is 29.3 Å². The van der Waals surface area contributed by atoms with Crippen molar-refractivity contribution in [2.45, 2.75) is 45.1 Å². The second-order valence-electron chi connectivity index (χ2n) is 5.50. The number of aryl methyl sites for hydroxylation is 1. The number of carbonyl (C=O) groups is 1. The largest absolute Gasteiger partial charge is 0.507 e. The predicted octanol–water partition coefficient (Wildman–Crippen LogP) is 3.71. The number of amides is 1. The van der Waals surface area contributed by atoms with Crippen molar-refractivity contribution in [3.63, 3.8) is 0 Å². The minimum Gasteiger partial charge on any atom is -0.507 e. The molecule has 1 aliphatic carbocycles. The zero-order valence-corrected chi connectivity index (χ0v) is 12.7. The molecule has 20 heavy (non-hydrogen) atoms. The maximum atomic E-state index is 12.7. The van der Waals surface area contributed by atoms with E-state index in [1.807, 2.05) is 11.8 Å². The van der Waals surface area contributed by atoms with Gasteiger partial charge in [0.15, 0.2) is 0 Å². The zero-order chi connectivity index (χ0) is 14.5. The summed E-state index contributed by atoms with van der Waals surface area (Å²) in [7, 11) is 0. The summed E-state index contributed by atoms with van der Waals surface area (Å²) in [6, 6.07) is 5.40. The lowest BCUT2D eigenvalue weighted by Gasteiger charge is -2.34. The summed E-state index contributed by atoms with van der Waals surface area (Å²) in [5, 5.41) is 9.94. The Kier molecular flexibility index (Phi) is 5.30. The van der Waals surface area contributed by atoms with Gasteiger partial charge in [0.25, 0.3) is 5.91 Å². The van der Waals surface area contributed by atoms with Crippen molar-refractivity contribution >= 4 is 17.5 Å². The first-order chi connectivity index (χ1) is 9.63. The molecule has 110 valence electrons. The summed E-state index contributed by atoms with van der Waals surface area (Å²) in [6.45, 7) is 2.46. The number of aromatic hydroxyl groups is 1. The molecule has 0 bridgehead atoms. The number of hydrogen-bond donors (Lipinski definition) is 1. The minimum absolute atomic E-state index is 0.0518. The Hall–Kier alpha value is -1.22. The molecule has 0 saturated heterocycles. The number of rotatable bonds is 4. The summed E-state index contributed by atoms with van der Waals surface area (Å²) in [6.07, 6.45) is 5.65. The van der Waals surface area contributed by atoms with E-state index in [2.05, 4.69) is 0 Å². The third-order valence-electron chi connectivity index (χ3n) is 3.98. The van der Waals surface area contributed by atoms with Crippen LogP contribution in [0.15, 0.2) is 18.2 Å². The number of phenolic OH excluding ortho intramolecular Hbond substituents is 1. The second-order valence-corrected chi connectivity index (χ2v) is 5.88. The van der Waals surface area contributed by atoms with Gasteiger partial charge in [-0.3, -0.25) is 4.79 Å². The van der Waals surface area contributed by atoms with E-state index in [1.54, 1.807) is 18.2 Å². The van der Waals surface area contributed by atoms with Gasteiger partial charge in [-0.05, 0) is 31.9 Å². The highest BCUT2D eigenvalue weighted by Gasteiger charge is 2.27. The molecule has 1 fully saturated rings. The molecule has 0 spiro atoms. The summed E-state index contributed by atoms with van der Waals surface area (Å²) in [5.74, 6) is 0.379. The smallest absolute Gasteiger partial charge is 0.257 e. The van der Waals surface area contributed by atoms with Gasteiger partial charge >= 0.3 is 0 Å². The molecule has 1 amide bonds. The molecule has 1 aliphatic rings. The molecule has 0 atom stereocenters. The number of benzene rings is 1. The van der Waals surface area contributed by atoms with Crippen LogP contribution in [0.3, 0.4) is 0 Å². The highest BCUT2D eigenvalue weighted by Crippen LogP contribution is 2.26. The molecule has 0 radical (unpaired) electrons. The van der Waals surface area contributed by atoms with Gasteiger partial charge in [0.05, 0.1) is 5.56 Å². The average Bonchev–Trinajstić information content (AvgIpc) is 2.47. The fourth-order valence-corrected chi connectivity index (χ4v) is 3.09. The molecular weight excluding hydrogens is 274 g/mol. The minimum atomic E-state index is -0.0984. The van der Waals surface area contributed by atoms with Crippen LogP contribution in [-0.2, 0) is 0 Å². The van der Waals surface area contributed by atoms with Crippen LogP contribution in [-0.4, -0.2) is 34.4 Å². The first-order valence-electron chi connectivity index (χ1n) is 7.30. The predicted molar refractivity (Wildman–Crippen MR) is 81.5 cm³/mol. The van der Waals surface area contributed by atoms with Gasteiger partial charge in [-0.25, -0.2) is 0 Å². The molecule has 1 aromatic rings. The molecule has 4 heteroatoms. The molecule has 2 rings (SSSR count). The Labute approximate surface area is 125 Å². The molecular formula is C16H22ClNO2. The molecule has 0 aliphatic heterocycles. The second kappa shape index (κ2) is 6.98. The highest BCUT2D eigenvalue weighted by atomic mass is 35.5. The number of hydrogen-bond acceptors (Lipinski definition) is 2. The van der Waals surface area contributed by atoms with E-state index in [9.17, 15) is 9.90 Å². The van der Waals surface area contributed by atoms with Gasteiger partial charge in [-0.1, -0.05) is 30.9 Å². The Bertz CT molecular complexity index is 470. The Morgan fingerprint density at radius 1 is 1.35 bits per heavy atom. The van der Waals surface area contributed by atoms with Crippen LogP contribution in [0.2, 0.25) is 0 Å². The molecule has 1 saturated carbocycles. The van der Waals surface area contributed by atoms with Crippen molar-refractivity contribution in [1.29, 1.82) is 0 Å².